The Morgan fingerprint density at radius 2 is 1.93 bits per heavy atom. The number of rotatable bonds is 5. The number of benzene rings is 1. The van der Waals surface area contributed by atoms with Gasteiger partial charge in [-0.05, 0) is 30.5 Å². The van der Waals surface area contributed by atoms with Crippen LogP contribution in [0.4, 0.5) is 4.39 Å². The minimum atomic E-state index is -0.369. The number of esters is 1. The van der Waals surface area contributed by atoms with Crippen molar-refractivity contribution in [2.75, 3.05) is 26.3 Å². The zero-order chi connectivity index (χ0) is 19.3. The van der Waals surface area contributed by atoms with Crippen molar-refractivity contribution < 1.29 is 18.7 Å². The number of hydrogen-bond acceptors (Lipinski definition) is 5. The zero-order valence-electron chi connectivity index (χ0n) is 15.8. The standard InChI is InChI=1S/C22H25FN2O3/c23-17-6-7-21(24-12-17)19-13-25(18-8-10-27-11-9-18)14-20(19)22(26)28-15-16-4-2-1-3-5-16/h1-7,12,18-20H,8-11,13-15H2/t19-,20-/m0/s1. The molecule has 1 aromatic heterocycles. The Morgan fingerprint density at radius 3 is 2.64 bits per heavy atom. The zero-order valence-corrected chi connectivity index (χ0v) is 15.8. The predicted octanol–water partition coefficient (Wildman–Crippen LogP) is 3.16. The highest BCUT2D eigenvalue weighted by Gasteiger charge is 2.42. The Kier molecular flexibility index (Phi) is 5.98. The smallest absolute Gasteiger partial charge is 0.311 e. The van der Waals surface area contributed by atoms with E-state index in [0.717, 1.165) is 43.9 Å². The molecule has 0 bridgehead atoms. The molecule has 0 amide bonds. The lowest BCUT2D eigenvalue weighted by molar-refractivity contribution is -0.150. The summed E-state index contributed by atoms with van der Waals surface area (Å²) in [6.45, 7) is 3.14. The van der Waals surface area contributed by atoms with Crippen LogP contribution in [0.3, 0.4) is 0 Å². The van der Waals surface area contributed by atoms with Gasteiger partial charge in [-0.15, -0.1) is 0 Å². The van der Waals surface area contributed by atoms with Crippen LogP contribution in [0.2, 0.25) is 0 Å². The van der Waals surface area contributed by atoms with Gasteiger partial charge in [0.25, 0.3) is 0 Å². The van der Waals surface area contributed by atoms with Gasteiger partial charge in [0.05, 0.1) is 12.1 Å². The summed E-state index contributed by atoms with van der Waals surface area (Å²) in [5.41, 5.74) is 1.71. The highest BCUT2D eigenvalue weighted by atomic mass is 19.1. The van der Waals surface area contributed by atoms with Crippen LogP contribution in [-0.4, -0.2) is 48.2 Å². The van der Waals surface area contributed by atoms with E-state index in [2.05, 4.69) is 9.88 Å². The average Bonchev–Trinajstić information content (AvgIpc) is 3.19. The lowest BCUT2D eigenvalue weighted by atomic mass is 9.92. The summed E-state index contributed by atoms with van der Waals surface area (Å²) in [4.78, 5) is 19.5. The third-order valence-corrected chi connectivity index (χ3v) is 5.71. The molecule has 1 aromatic carbocycles. The number of likely N-dealkylation sites (tertiary alicyclic amines) is 1. The Morgan fingerprint density at radius 1 is 1.14 bits per heavy atom. The van der Waals surface area contributed by atoms with E-state index in [9.17, 15) is 9.18 Å². The van der Waals surface area contributed by atoms with Gasteiger partial charge in [-0.25, -0.2) is 4.39 Å². The normalized spacial score (nSPS) is 23.6. The maximum Gasteiger partial charge on any atom is 0.311 e. The summed E-state index contributed by atoms with van der Waals surface area (Å²) in [5, 5.41) is 0. The van der Waals surface area contributed by atoms with Crippen LogP contribution in [0.25, 0.3) is 0 Å². The van der Waals surface area contributed by atoms with Crippen LogP contribution in [0.5, 0.6) is 0 Å². The molecule has 0 aliphatic carbocycles. The maximum absolute atomic E-state index is 13.3. The summed E-state index contributed by atoms with van der Waals surface area (Å²) in [5.74, 6) is -0.975. The molecule has 0 radical (unpaired) electrons. The molecule has 3 heterocycles. The summed E-state index contributed by atoms with van der Waals surface area (Å²) < 4.78 is 24.4. The Bertz CT molecular complexity index is 778. The van der Waals surface area contributed by atoms with Crippen LogP contribution >= 0.6 is 0 Å². The van der Waals surface area contributed by atoms with Crippen LogP contribution in [-0.2, 0) is 20.9 Å². The van der Waals surface area contributed by atoms with E-state index in [4.69, 9.17) is 9.47 Å². The van der Waals surface area contributed by atoms with E-state index in [1.165, 1.54) is 12.3 Å². The molecule has 4 rings (SSSR count). The number of carbonyl (C=O) groups excluding carboxylic acids is 1. The molecular weight excluding hydrogens is 359 g/mol. The van der Waals surface area contributed by atoms with Gasteiger partial charge in [0, 0.05) is 44.0 Å². The molecule has 2 fully saturated rings. The van der Waals surface area contributed by atoms with Crippen molar-refractivity contribution in [1.29, 1.82) is 0 Å². The first-order valence-corrected chi connectivity index (χ1v) is 9.84. The Hall–Kier alpha value is -2.31. The molecule has 2 saturated heterocycles. The Labute approximate surface area is 164 Å². The molecule has 6 heteroatoms. The van der Waals surface area contributed by atoms with Crippen LogP contribution in [0.15, 0.2) is 48.7 Å². The number of hydrogen-bond donors (Lipinski definition) is 0. The summed E-state index contributed by atoms with van der Waals surface area (Å²) in [6, 6.07) is 13.2. The first kappa shape index (κ1) is 19.0. The van der Waals surface area contributed by atoms with Crippen LogP contribution in [0, 0.1) is 11.7 Å². The quantitative estimate of drug-likeness (QED) is 0.742. The van der Waals surface area contributed by atoms with Crippen molar-refractivity contribution in [3.05, 3.63) is 65.7 Å². The molecule has 2 aliphatic rings. The third-order valence-electron chi connectivity index (χ3n) is 5.71. The summed E-state index contributed by atoms with van der Waals surface area (Å²) in [6.07, 6.45) is 3.16. The second-order valence-electron chi connectivity index (χ2n) is 7.51. The lowest BCUT2D eigenvalue weighted by Crippen LogP contribution is -2.38. The van der Waals surface area contributed by atoms with Crippen molar-refractivity contribution in [1.82, 2.24) is 9.88 Å². The molecular formula is C22H25FN2O3. The van der Waals surface area contributed by atoms with Gasteiger partial charge < -0.3 is 9.47 Å². The number of nitrogens with zero attached hydrogens (tertiary/aromatic N) is 2. The monoisotopic (exact) mass is 384 g/mol. The number of pyridine rings is 1. The van der Waals surface area contributed by atoms with Crippen molar-refractivity contribution >= 4 is 5.97 Å². The molecule has 5 nitrogen and oxygen atoms in total. The fourth-order valence-electron chi connectivity index (χ4n) is 4.16. The molecule has 2 aliphatic heterocycles. The van der Waals surface area contributed by atoms with E-state index < -0.39 is 0 Å². The van der Waals surface area contributed by atoms with Gasteiger partial charge in [-0.3, -0.25) is 14.7 Å². The number of aromatic nitrogens is 1. The first-order valence-electron chi connectivity index (χ1n) is 9.84. The van der Waals surface area contributed by atoms with E-state index in [1.807, 2.05) is 30.3 Å². The molecule has 2 atom stereocenters. The molecule has 2 aromatic rings. The lowest BCUT2D eigenvalue weighted by Gasteiger charge is -2.31. The second kappa shape index (κ2) is 8.80. The molecule has 148 valence electrons. The van der Waals surface area contributed by atoms with E-state index in [-0.39, 0.29) is 30.2 Å². The minimum Gasteiger partial charge on any atom is -0.461 e. The average molecular weight is 384 g/mol. The summed E-state index contributed by atoms with van der Waals surface area (Å²) in [7, 11) is 0. The number of ether oxygens (including phenoxy) is 2. The third kappa shape index (κ3) is 4.39. The highest BCUT2D eigenvalue weighted by molar-refractivity contribution is 5.74. The van der Waals surface area contributed by atoms with E-state index in [0.29, 0.717) is 12.6 Å². The highest BCUT2D eigenvalue weighted by Crippen LogP contribution is 2.35. The first-order chi connectivity index (χ1) is 13.7. The Balaban J connectivity index is 1.49. The molecule has 0 saturated carbocycles. The van der Waals surface area contributed by atoms with E-state index >= 15 is 0 Å². The van der Waals surface area contributed by atoms with Gasteiger partial charge >= 0.3 is 5.97 Å². The molecule has 0 spiro atoms. The molecule has 0 N–H and O–H groups in total. The summed E-state index contributed by atoms with van der Waals surface area (Å²) >= 11 is 0. The van der Waals surface area contributed by atoms with E-state index in [1.54, 1.807) is 6.07 Å². The molecule has 28 heavy (non-hydrogen) atoms. The van der Waals surface area contributed by atoms with Crippen LogP contribution < -0.4 is 0 Å². The fourth-order valence-corrected chi connectivity index (χ4v) is 4.16. The van der Waals surface area contributed by atoms with Crippen LogP contribution in [0.1, 0.15) is 30.0 Å². The number of carbonyl (C=O) groups is 1. The van der Waals surface area contributed by atoms with Gasteiger partial charge in [-0.2, -0.15) is 0 Å². The maximum atomic E-state index is 13.3. The topological polar surface area (TPSA) is 51.7 Å². The van der Waals surface area contributed by atoms with Gasteiger partial charge in [-0.1, -0.05) is 30.3 Å². The second-order valence-corrected chi connectivity index (χ2v) is 7.51. The number of halogens is 1. The largest absolute Gasteiger partial charge is 0.461 e. The minimum absolute atomic E-state index is 0.0910. The fraction of sp³-hybridized carbons (Fsp3) is 0.455. The van der Waals surface area contributed by atoms with Gasteiger partial charge in [0.1, 0.15) is 12.4 Å². The van der Waals surface area contributed by atoms with Crippen molar-refractivity contribution in [3.8, 4) is 0 Å². The predicted molar refractivity (Wildman–Crippen MR) is 102 cm³/mol. The van der Waals surface area contributed by atoms with Crippen molar-refractivity contribution in [3.63, 3.8) is 0 Å². The molecule has 0 unspecified atom stereocenters. The van der Waals surface area contributed by atoms with Crippen molar-refractivity contribution in [2.45, 2.75) is 31.4 Å². The van der Waals surface area contributed by atoms with Gasteiger partial charge in [0.2, 0.25) is 0 Å². The van der Waals surface area contributed by atoms with Gasteiger partial charge in [0.15, 0.2) is 0 Å². The SMILES string of the molecule is O=C(OCc1ccccc1)[C@H]1CN(C2CCOCC2)C[C@@H]1c1ccc(F)cn1. The van der Waals surface area contributed by atoms with Crippen molar-refractivity contribution in [2.24, 2.45) is 5.92 Å².